The van der Waals surface area contributed by atoms with Crippen molar-refractivity contribution >= 4 is 47.3 Å². The summed E-state index contributed by atoms with van der Waals surface area (Å²) in [6.45, 7) is 9.81. The molecule has 444 valence electrons. The molecule has 18 heteroatoms. The van der Waals surface area contributed by atoms with Crippen LogP contribution in [0.15, 0.2) is 0 Å². The van der Waals surface area contributed by atoms with Gasteiger partial charge in [-0.25, -0.2) is 0 Å². The molecule has 0 saturated heterocycles. The molecule has 0 aromatic heterocycles. The van der Waals surface area contributed by atoms with Crippen LogP contribution in [0.2, 0.25) is 0 Å². The summed E-state index contributed by atoms with van der Waals surface area (Å²) in [6.07, 6.45) is 24.2. The Kier molecular flexibility index (Phi) is 53.0. The molecule has 0 aliphatic rings. The number of amides is 2. The van der Waals surface area contributed by atoms with Gasteiger partial charge in [0.25, 0.3) is 11.8 Å². The van der Waals surface area contributed by atoms with Crippen molar-refractivity contribution < 1.29 is 57.3 Å². The number of esters is 4. The van der Waals surface area contributed by atoms with E-state index < -0.39 is 71.7 Å². The average Bonchev–Trinajstić information content (AvgIpc) is 3.41. The molecule has 18 nitrogen and oxygen atoms in total. The molecule has 0 aromatic rings. The van der Waals surface area contributed by atoms with Crippen LogP contribution in [-0.4, -0.2) is 111 Å². The first-order chi connectivity index (χ1) is 36.8. The quantitative estimate of drug-likeness (QED) is 0.0188. The van der Waals surface area contributed by atoms with Gasteiger partial charge in [0.05, 0.1) is 0 Å². The largest absolute Gasteiger partial charge is 0.450 e. The topological polar surface area (TPSA) is 302 Å². The molecule has 0 aromatic carbocycles. The molecule has 0 spiro atoms. The lowest BCUT2D eigenvalue weighted by Gasteiger charge is -2.25. The Balaban J connectivity index is 0. The summed E-state index contributed by atoms with van der Waals surface area (Å²) in [5.74, 6) is -4.71. The number of nitrogens with two attached hydrogens (primary N) is 4. The Morgan fingerprint density at radius 2 is 0.513 bits per heavy atom. The van der Waals surface area contributed by atoms with Crippen molar-refractivity contribution in [2.45, 2.75) is 283 Å². The third-order valence-corrected chi connectivity index (χ3v) is 12.8. The van der Waals surface area contributed by atoms with Crippen LogP contribution in [0.4, 0.5) is 0 Å². The van der Waals surface area contributed by atoms with Crippen LogP contribution in [0.25, 0.3) is 0 Å². The zero-order chi connectivity index (χ0) is 56.9. The van der Waals surface area contributed by atoms with Gasteiger partial charge in [-0.3, -0.25) is 38.4 Å². The second-order valence-corrected chi connectivity index (χ2v) is 20.0. The van der Waals surface area contributed by atoms with Gasteiger partial charge in [-0.05, 0) is 51.6 Å². The molecule has 76 heavy (non-hydrogen) atoms. The smallest absolute Gasteiger partial charge is 0.306 e. The van der Waals surface area contributed by atoms with Gasteiger partial charge in [0.15, 0.2) is 11.6 Å². The van der Waals surface area contributed by atoms with Crippen molar-refractivity contribution in [2.75, 3.05) is 39.3 Å². The second kappa shape index (κ2) is 54.4. The van der Waals surface area contributed by atoms with E-state index in [9.17, 15) is 38.4 Å². The van der Waals surface area contributed by atoms with Crippen LogP contribution in [0.5, 0.6) is 0 Å². The molecule has 0 rings (SSSR count). The minimum atomic E-state index is -1.55. The highest BCUT2D eigenvalue weighted by molar-refractivity contribution is 5.95. The lowest BCUT2D eigenvalue weighted by atomic mass is 10.0. The third kappa shape index (κ3) is 43.0. The van der Waals surface area contributed by atoms with Crippen molar-refractivity contribution in [3.63, 3.8) is 0 Å². The van der Waals surface area contributed by atoms with E-state index in [4.69, 9.17) is 41.9 Å². The molecule has 0 aliphatic carbocycles. The van der Waals surface area contributed by atoms with Crippen molar-refractivity contribution in [1.82, 2.24) is 10.6 Å². The molecule has 0 fully saturated rings. The highest BCUT2D eigenvalue weighted by Gasteiger charge is 2.41. The predicted molar refractivity (Wildman–Crippen MR) is 301 cm³/mol. The Labute approximate surface area is 459 Å². The summed E-state index contributed by atoms with van der Waals surface area (Å²) >= 11 is 0. The van der Waals surface area contributed by atoms with Gasteiger partial charge >= 0.3 is 23.9 Å². The fraction of sp³-hybridized carbons (Fsp3) is 0.862. The zero-order valence-electron chi connectivity index (χ0n) is 48.2. The van der Waals surface area contributed by atoms with Crippen LogP contribution in [0, 0.1) is 0 Å². The maximum atomic E-state index is 13.0. The zero-order valence-corrected chi connectivity index (χ0v) is 48.2. The van der Waals surface area contributed by atoms with Gasteiger partial charge in [0.2, 0.25) is 24.4 Å². The number of rotatable bonds is 52. The van der Waals surface area contributed by atoms with Crippen LogP contribution in [0.3, 0.4) is 0 Å². The normalized spacial score (nSPS) is 12.5. The van der Waals surface area contributed by atoms with Crippen molar-refractivity contribution in [2.24, 2.45) is 22.9 Å². The van der Waals surface area contributed by atoms with Gasteiger partial charge in [0.1, 0.15) is 0 Å². The summed E-state index contributed by atoms with van der Waals surface area (Å²) in [4.78, 5) is 102. The van der Waals surface area contributed by atoms with Crippen molar-refractivity contribution in [3.8, 4) is 0 Å². The lowest BCUT2D eigenvalue weighted by molar-refractivity contribution is -0.176. The number of ether oxygens (including phenoxy) is 4. The van der Waals surface area contributed by atoms with E-state index in [1.165, 1.54) is 51.4 Å². The molecule has 0 radical (unpaired) electrons. The van der Waals surface area contributed by atoms with Crippen LogP contribution in [0.1, 0.15) is 259 Å². The summed E-state index contributed by atoms with van der Waals surface area (Å²) in [5.41, 5.74) is 22.1. The number of carbonyl (C=O) groups is 8. The molecule has 10 N–H and O–H groups in total. The Morgan fingerprint density at radius 1 is 0.289 bits per heavy atom. The third-order valence-electron chi connectivity index (χ3n) is 12.8. The molecule has 0 aliphatic heterocycles. The summed E-state index contributed by atoms with van der Waals surface area (Å²) in [7, 11) is 0. The van der Waals surface area contributed by atoms with E-state index in [1.54, 1.807) is 0 Å². The standard InChI is InChI=1S/C31H59N3O6.C27H51N3O6/c1-3-5-7-9-11-13-15-17-21-27(36)39-29(26(35)20-19-23-32)30(31(38)34-25-24-33)40-28(37)22-18-16-14-12-10-8-6-4-2;1-3-5-7-9-11-13-17-23(32)35-25(22(31)16-15-19-28)26(27(34)30-21-20-29)36-24(33)18-14-12-10-8-6-4-2/h29-30H,3-25,32-33H2,1-2H3,(H,34,38);25-26H,3-21,28-29H2,1-2H3,(H,30,34)/t29-,30+;25-,26+/m00/s1. The Hall–Kier alpha value is -4.00. The van der Waals surface area contributed by atoms with Gasteiger partial charge in [-0.2, -0.15) is 0 Å². The van der Waals surface area contributed by atoms with Gasteiger partial charge in [0, 0.05) is 64.7 Å². The van der Waals surface area contributed by atoms with E-state index >= 15 is 0 Å². The highest BCUT2D eigenvalue weighted by atomic mass is 16.6. The highest BCUT2D eigenvalue weighted by Crippen LogP contribution is 2.19. The van der Waals surface area contributed by atoms with E-state index in [2.05, 4.69) is 38.3 Å². The molecule has 0 saturated carbocycles. The van der Waals surface area contributed by atoms with Crippen LogP contribution < -0.4 is 33.6 Å². The average molecular weight is 1080 g/mol. The fourth-order valence-electron chi connectivity index (χ4n) is 8.24. The molecular formula is C58H110N6O12. The number of nitrogens with one attached hydrogen (secondary N) is 2. The van der Waals surface area contributed by atoms with Crippen molar-refractivity contribution in [3.05, 3.63) is 0 Å². The second-order valence-electron chi connectivity index (χ2n) is 20.0. The minimum Gasteiger partial charge on any atom is -0.450 e. The number of carbonyl (C=O) groups excluding carboxylic acids is 8. The first-order valence-electron chi connectivity index (χ1n) is 30.0. The lowest BCUT2D eigenvalue weighted by Crippen LogP contribution is -2.51. The van der Waals surface area contributed by atoms with Crippen LogP contribution in [-0.2, 0) is 57.3 Å². The van der Waals surface area contributed by atoms with E-state index in [0.29, 0.717) is 38.5 Å². The summed E-state index contributed by atoms with van der Waals surface area (Å²) < 4.78 is 21.9. The molecule has 0 unspecified atom stereocenters. The first-order valence-corrected chi connectivity index (χ1v) is 30.0. The van der Waals surface area contributed by atoms with Crippen molar-refractivity contribution in [1.29, 1.82) is 0 Å². The van der Waals surface area contributed by atoms with Gasteiger partial charge < -0.3 is 52.5 Å². The van der Waals surface area contributed by atoms with E-state index in [0.717, 1.165) is 103 Å². The monoisotopic (exact) mass is 1080 g/mol. The summed E-state index contributed by atoms with van der Waals surface area (Å²) in [5, 5.41) is 5.13. The fourth-order valence-corrected chi connectivity index (χ4v) is 8.24. The molecule has 0 heterocycles. The van der Waals surface area contributed by atoms with E-state index in [1.807, 2.05) is 0 Å². The van der Waals surface area contributed by atoms with E-state index in [-0.39, 0.29) is 77.8 Å². The number of hydrogen-bond acceptors (Lipinski definition) is 16. The Bertz CT molecular complexity index is 1400. The minimum absolute atomic E-state index is 0.0150. The maximum absolute atomic E-state index is 13.0. The number of Topliss-reactive ketones (excluding diaryl/α,β-unsaturated/α-hetero) is 2. The molecular weight excluding hydrogens is 973 g/mol. The molecule has 4 atom stereocenters. The number of ketones is 2. The first kappa shape index (κ1) is 74.1. The number of unbranched alkanes of at least 4 members (excludes halogenated alkanes) is 24. The molecule has 2 amide bonds. The van der Waals surface area contributed by atoms with Crippen LogP contribution >= 0.6 is 0 Å². The number of hydrogen-bond donors (Lipinski definition) is 6. The Morgan fingerprint density at radius 3 is 0.737 bits per heavy atom. The predicted octanol–water partition coefficient (Wildman–Crippen LogP) is 8.95. The maximum Gasteiger partial charge on any atom is 0.306 e. The summed E-state index contributed by atoms with van der Waals surface area (Å²) in [6, 6.07) is 0. The SMILES string of the molecule is CCCCCCCCC(=O)O[C@@H](C(=O)CCCN)[C@@H](OC(=O)CCCCCCCC)C(=O)NCCN.CCCCCCCCCCC(=O)O[C@@H](C(=O)CCCN)[C@@H](OC(=O)CCCCCCCCCC)C(=O)NCCN. The molecule has 0 bridgehead atoms. The van der Waals surface area contributed by atoms with Gasteiger partial charge in [-0.15, -0.1) is 0 Å². The van der Waals surface area contributed by atoms with Gasteiger partial charge in [-0.1, -0.05) is 182 Å².